The lowest BCUT2D eigenvalue weighted by Crippen LogP contribution is -2.36. The summed E-state index contributed by atoms with van der Waals surface area (Å²) in [6.45, 7) is 6.41. The van der Waals surface area contributed by atoms with Gasteiger partial charge in [-0.2, -0.15) is 0 Å². The molecule has 0 bridgehead atoms. The summed E-state index contributed by atoms with van der Waals surface area (Å²) in [5.41, 5.74) is 0.628. The fourth-order valence-corrected chi connectivity index (χ4v) is 4.06. The van der Waals surface area contributed by atoms with E-state index in [1.54, 1.807) is 0 Å². The Hall–Kier alpha value is 0.440. The van der Waals surface area contributed by atoms with Crippen LogP contribution in [0.3, 0.4) is 0 Å². The summed E-state index contributed by atoms with van der Waals surface area (Å²) in [6, 6.07) is 0. The van der Waals surface area contributed by atoms with E-state index in [4.69, 9.17) is 0 Å². The summed E-state index contributed by atoms with van der Waals surface area (Å²) >= 11 is 3.75. The Balaban J connectivity index is 1.85. The Labute approximate surface area is 103 Å². The van der Waals surface area contributed by atoms with Gasteiger partial charge in [0.25, 0.3) is 0 Å². The fourth-order valence-electron chi connectivity index (χ4n) is 3.32. The van der Waals surface area contributed by atoms with E-state index in [0.29, 0.717) is 5.41 Å². The average molecular weight is 274 g/mol. The highest BCUT2D eigenvalue weighted by molar-refractivity contribution is 9.09. The molecular weight excluding hydrogens is 250 g/mol. The fraction of sp³-hybridized carbons (Fsp3) is 1.00. The van der Waals surface area contributed by atoms with Crippen molar-refractivity contribution in [3.8, 4) is 0 Å². The molecule has 15 heavy (non-hydrogen) atoms. The van der Waals surface area contributed by atoms with Crippen LogP contribution in [0.4, 0.5) is 0 Å². The van der Waals surface area contributed by atoms with Gasteiger partial charge >= 0.3 is 0 Å². The van der Waals surface area contributed by atoms with Gasteiger partial charge < -0.3 is 4.90 Å². The maximum absolute atomic E-state index is 3.75. The largest absolute Gasteiger partial charge is 0.302 e. The molecule has 1 heterocycles. The number of rotatable bonds is 4. The van der Waals surface area contributed by atoms with Gasteiger partial charge in [-0.25, -0.2) is 0 Å². The molecule has 0 aromatic carbocycles. The van der Waals surface area contributed by atoms with Gasteiger partial charge in [-0.3, -0.25) is 0 Å². The highest BCUT2D eigenvalue weighted by Crippen LogP contribution is 2.41. The molecule has 88 valence electrons. The van der Waals surface area contributed by atoms with Crippen LogP contribution in [0.1, 0.15) is 45.4 Å². The first kappa shape index (κ1) is 11.9. The third kappa shape index (κ3) is 2.76. The third-order valence-corrected chi connectivity index (χ3v) is 5.64. The van der Waals surface area contributed by atoms with Gasteiger partial charge in [0.2, 0.25) is 0 Å². The van der Waals surface area contributed by atoms with Crippen LogP contribution in [0.5, 0.6) is 0 Å². The van der Waals surface area contributed by atoms with Crippen molar-refractivity contribution in [3.63, 3.8) is 0 Å². The van der Waals surface area contributed by atoms with Crippen molar-refractivity contribution in [2.75, 3.05) is 25.0 Å². The maximum atomic E-state index is 3.75. The standard InChI is InChI=1S/C13H24BrN/c1-2-12-5-8-15(9-12)11-13(10-14)6-3-4-7-13/h12H,2-11H2,1H3. The quantitative estimate of drug-likeness (QED) is 0.707. The predicted molar refractivity (Wildman–Crippen MR) is 69.5 cm³/mol. The van der Waals surface area contributed by atoms with Crippen LogP contribution < -0.4 is 0 Å². The Kier molecular flexibility index (Phi) is 4.11. The van der Waals surface area contributed by atoms with E-state index < -0.39 is 0 Å². The van der Waals surface area contributed by atoms with Crippen LogP contribution in [0.25, 0.3) is 0 Å². The number of nitrogens with zero attached hydrogens (tertiary/aromatic N) is 1. The van der Waals surface area contributed by atoms with Crippen molar-refractivity contribution < 1.29 is 0 Å². The lowest BCUT2D eigenvalue weighted by Gasteiger charge is -2.31. The summed E-state index contributed by atoms with van der Waals surface area (Å²) < 4.78 is 0. The normalized spacial score (nSPS) is 31.2. The summed E-state index contributed by atoms with van der Waals surface area (Å²) in [6.07, 6.45) is 8.62. The summed E-state index contributed by atoms with van der Waals surface area (Å²) in [7, 11) is 0. The first-order valence-corrected chi connectivity index (χ1v) is 7.68. The summed E-state index contributed by atoms with van der Waals surface area (Å²) in [5.74, 6) is 0.985. The predicted octanol–water partition coefficient (Wildman–Crippen LogP) is 3.67. The van der Waals surface area contributed by atoms with Gasteiger partial charge in [0.05, 0.1) is 0 Å². The van der Waals surface area contributed by atoms with E-state index in [2.05, 4.69) is 27.8 Å². The molecule has 1 nitrogen and oxygen atoms in total. The van der Waals surface area contributed by atoms with Crippen LogP contribution in [-0.2, 0) is 0 Å². The molecule has 1 saturated heterocycles. The molecule has 1 saturated carbocycles. The first-order valence-electron chi connectivity index (χ1n) is 6.56. The third-order valence-electron chi connectivity index (χ3n) is 4.45. The van der Waals surface area contributed by atoms with Gasteiger partial charge in [0, 0.05) is 18.4 Å². The lowest BCUT2D eigenvalue weighted by atomic mass is 9.88. The van der Waals surface area contributed by atoms with Crippen LogP contribution in [0.2, 0.25) is 0 Å². The highest BCUT2D eigenvalue weighted by Gasteiger charge is 2.36. The molecule has 2 fully saturated rings. The summed E-state index contributed by atoms with van der Waals surface area (Å²) in [4.78, 5) is 2.72. The summed E-state index contributed by atoms with van der Waals surface area (Å²) in [5, 5.41) is 1.22. The SMILES string of the molecule is CCC1CCN(CC2(CBr)CCCC2)C1. The number of halogens is 1. The zero-order valence-electron chi connectivity index (χ0n) is 9.97. The Morgan fingerprint density at radius 1 is 1.33 bits per heavy atom. The molecule has 0 aromatic rings. The monoisotopic (exact) mass is 273 g/mol. The molecule has 1 aliphatic carbocycles. The van der Waals surface area contributed by atoms with Crippen molar-refractivity contribution in [3.05, 3.63) is 0 Å². The zero-order chi connectivity index (χ0) is 10.7. The topological polar surface area (TPSA) is 3.24 Å². The van der Waals surface area contributed by atoms with Crippen molar-refractivity contribution in [1.82, 2.24) is 4.90 Å². The molecule has 0 N–H and O–H groups in total. The van der Waals surface area contributed by atoms with E-state index in [-0.39, 0.29) is 0 Å². The van der Waals surface area contributed by atoms with E-state index in [1.165, 1.54) is 63.5 Å². The molecule has 0 amide bonds. The van der Waals surface area contributed by atoms with Gasteiger partial charge in [0.15, 0.2) is 0 Å². The number of hydrogen-bond acceptors (Lipinski definition) is 1. The molecule has 2 rings (SSSR count). The molecular formula is C13H24BrN. The molecule has 1 aliphatic heterocycles. The Morgan fingerprint density at radius 3 is 2.60 bits per heavy atom. The van der Waals surface area contributed by atoms with Gasteiger partial charge in [-0.15, -0.1) is 0 Å². The molecule has 0 aromatic heterocycles. The van der Waals surface area contributed by atoms with Gasteiger partial charge in [-0.05, 0) is 37.1 Å². The van der Waals surface area contributed by atoms with Gasteiger partial charge in [-0.1, -0.05) is 42.1 Å². The number of likely N-dealkylation sites (tertiary alicyclic amines) is 1. The Bertz CT molecular complexity index is 199. The van der Waals surface area contributed by atoms with Crippen molar-refractivity contribution in [1.29, 1.82) is 0 Å². The van der Waals surface area contributed by atoms with E-state index >= 15 is 0 Å². The molecule has 1 unspecified atom stereocenters. The second kappa shape index (κ2) is 5.18. The van der Waals surface area contributed by atoms with E-state index in [9.17, 15) is 0 Å². The molecule has 2 heteroatoms. The van der Waals surface area contributed by atoms with Gasteiger partial charge in [0.1, 0.15) is 0 Å². The number of alkyl halides is 1. The molecule has 0 spiro atoms. The molecule has 1 atom stereocenters. The van der Waals surface area contributed by atoms with Crippen molar-refractivity contribution in [2.24, 2.45) is 11.3 Å². The maximum Gasteiger partial charge on any atom is 0.0100 e. The average Bonchev–Trinajstić information content (AvgIpc) is 2.88. The Morgan fingerprint density at radius 2 is 2.07 bits per heavy atom. The van der Waals surface area contributed by atoms with Crippen LogP contribution in [0, 0.1) is 11.3 Å². The van der Waals surface area contributed by atoms with Crippen LogP contribution >= 0.6 is 15.9 Å². The highest BCUT2D eigenvalue weighted by atomic mass is 79.9. The van der Waals surface area contributed by atoms with Crippen molar-refractivity contribution in [2.45, 2.75) is 45.4 Å². The van der Waals surface area contributed by atoms with E-state index in [0.717, 1.165) is 5.92 Å². The number of hydrogen-bond donors (Lipinski definition) is 0. The zero-order valence-corrected chi connectivity index (χ0v) is 11.6. The van der Waals surface area contributed by atoms with Crippen LogP contribution in [0.15, 0.2) is 0 Å². The minimum Gasteiger partial charge on any atom is -0.302 e. The first-order chi connectivity index (χ1) is 7.28. The lowest BCUT2D eigenvalue weighted by molar-refractivity contribution is 0.196. The second-order valence-corrected chi connectivity index (χ2v) is 6.20. The molecule has 0 radical (unpaired) electrons. The van der Waals surface area contributed by atoms with Crippen molar-refractivity contribution >= 4 is 15.9 Å². The second-order valence-electron chi connectivity index (χ2n) is 5.64. The molecule has 2 aliphatic rings. The minimum absolute atomic E-state index is 0.628. The minimum atomic E-state index is 0.628. The smallest absolute Gasteiger partial charge is 0.0100 e. The van der Waals surface area contributed by atoms with E-state index in [1.807, 2.05) is 0 Å². The van der Waals surface area contributed by atoms with Crippen LogP contribution in [-0.4, -0.2) is 29.9 Å².